The van der Waals surface area contributed by atoms with E-state index in [9.17, 15) is 14.4 Å². The fraction of sp³-hybridized carbons (Fsp3) is 0.824. The van der Waals surface area contributed by atoms with Crippen LogP contribution in [-0.2, 0) is 14.4 Å². The molecule has 138 valence electrons. The predicted molar refractivity (Wildman–Crippen MR) is 90.5 cm³/mol. The second kappa shape index (κ2) is 20.7. The van der Waals surface area contributed by atoms with Gasteiger partial charge in [-0.2, -0.15) is 0 Å². The molecule has 8 heteroatoms. The molecule has 0 radical (unpaired) electrons. The molecule has 1 amide bonds. The van der Waals surface area contributed by atoms with Gasteiger partial charge in [0.25, 0.3) is 0 Å². The van der Waals surface area contributed by atoms with Crippen molar-refractivity contribution in [2.24, 2.45) is 0 Å². The Hall–Kier alpha value is 0.410. The van der Waals surface area contributed by atoms with E-state index < -0.39 is 30.3 Å². The normalized spacial score (nSPS) is 10.9. The van der Waals surface area contributed by atoms with Crippen LogP contribution in [0.4, 0.5) is 0 Å². The molecule has 6 nitrogen and oxygen atoms in total. The van der Waals surface area contributed by atoms with Crippen LogP contribution in [0.1, 0.15) is 86.8 Å². The van der Waals surface area contributed by atoms with Crippen molar-refractivity contribution in [2.45, 2.75) is 90.0 Å². The summed E-state index contributed by atoms with van der Waals surface area (Å²) in [4.78, 5) is 33.0. The maximum absolute atomic E-state index is 11.6. The number of carbonyl (C=O) groups is 3. The molecule has 0 saturated heterocycles. The van der Waals surface area contributed by atoms with Gasteiger partial charge in [-0.25, -0.2) is 4.79 Å². The fourth-order valence-corrected chi connectivity index (χ4v) is 2.41. The minimum Gasteiger partial charge on any atom is -1.00 e. The SMILES string of the molecule is CCCCCCCCCCCCC(=O)N[C@@H](CC(=O)O)C(=O)O.[H-].[H-].[Na+].[Na+]. The minimum atomic E-state index is -1.34. The zero-order valence-corrected chi connectivity index (χ0v) is 20.2. The first-order chi connectivity index (χ1) is 11.0. The number of carboxylic acid groups (broad SMARTS) is 2. The molecule has 0 aromatic carbocycles. The molecular formula is C17H33NNa2O5. The molecule has 0 aliphatic heterocycles. The number of nitrogens with one attached hydrogen (secondary N) is 1. The minimum absolute atomic E-state index is 0. The van der Waals surface area contributed by atoms with Gasteiger partial charge in [0.05, 0.1) is 6.42 Å². The van der Waals surface area contributed by atoms with Gasteiger partial charge in [-0.15, -0.1) is 0 Å². The van der Waals surface area contributed by atoms with Crippen molar-refractivity contribution in [3.63, 3.8) is 0 Å². The summed E-state index contributed by atoms with van der Waals surface area (Å²) in [5.41, 5.74) is 0. The summed E-state index contributed by atoms with van der Waals surface area (Å²) in [5, 5.41) is 19.7. The summed E-state index contributed by atoms with van der Waals surface area (Å²) in [5.74, 6) is -2.95. The molecule has 0 aliphatic rings. The van der Waals surface area contributed by atoms with Gasteiger partial charge in [-0.3, -0.25) is 9.59 Å². The summed E-state index contributed by atoms with van der Waals surface area (Å²) in [7, 11) is 0. The van der Waals surface area contributed by atoms with Crippen LogP contribution in [0.2, 0.25) is 0 Å². The van der Waals surface area contributed by atoms with E-state index in [0.29, 0.717) is 6.42 Å². The summed E-state index contributed by atoms with van der Waals surface area (Å²) in [6, 6.07) is -1.34. The largest absolute Gasteiger partial charge is 1.00 e. The van der Waals surface area contributed by atoms with Gasteiger partial charge in [0, 0.05) is 6.42 Å². The van der Waals surface area contributed by atoms with E-state index in [1.165, 1.54) is 44.9 Å². The molecule has 0 aromatic rings. The van der Waals surface area contributed by atoms with Crippen molar-refractivity contribution in [1.29, 1.82) is 0 Å². The van der Waals surface area contributed by atoms with Gasteiger partial charge in [-0.1, -0.05) is 64.7 Å². The molecule has 1 atom stereocenters. The zero-order chi connectivity index (χ0) is 17.5. The number of rotatable bonds is 15. The molecule has 25 heavy (non-hydrogen) atoms. The molecular weight excluding hydrogens is 344 g/mol. The maximum atomic E-state index is 11.6. The van der Waals surface area contributed by atoms with Crippen LogP contribution in [-0.4, -0.2) is 34.1 Å². The summed E-state index contributed by atoms with van der Waals surface area (Å²) in [6.45, 7) is 2.20. The number of amides is 1. The van der Waals surface area contributed by atoms with Gasteiger partial charge in [0.1, 0.15) is 6.04 Å². The summed E-state index contributed by atoms with van der Waals surface area (Å²) >= 11 is 0. The quantitative estimate of drug-likeness (QED) is 0.218. The smallest absolute Gasteiger partial charge is 1.00 e. The van der Waals surface area contributed by atoms with Crippen molar-refractivity contribution >= 4 is 17.8 Å². The third-order valence-electron chi connectivity index (χ3n) is 3.77. The van der Waals surface area contributed by atoms with E-state index in [1.54, 1.807) is 0 Å². The van der Waals surface area contributed by atoms with Crippen molar-refractivity contribution in [2.75, 3.05) is 0 Å². The molecule has 0 unspecified atom stereocenters. The molecule has 0 heterocycles. The van der Waals surface area contributed by atoms with Crippen molar-refractivity contribution < 1.29 is 86.6 Å². The number of unbranched alkanes of at least 4 members (excludes halogenated alkanes) is 9. The van der Waals surface area contributed by atoms with E-state index in [0.717, 1.165) is 12.8 Å². The Balaban J connectivity index is -0.000000403. The standard InChI is InChI=1S/C17H31NO5.2Na.2H/c1-2-3-4-5-6-7-8-9-10-11-12-15(19)18-14(17(22)23)13-16(20)21;;;;/h14H,2-13H2,1H3,(H,18,19)(H,20,21)(H,22,23);;;;/q;2*+1;2*-1/t14-;;;;/m0..../s1. The Morgan fingerprint density at radius 2 is 1.28 bits per heavy atom. The van der Waals surface area contributed by atoms with Crippen LogP contribution in [0.5, 0.6) is 0 Å². The average Bonchev–Trinajstić information content (AvgIpc) is 2.48. The fourth-order valence-electron chi connectivity index (χ4n) is 2.41. The Labute approximate surface area is 198 Å². The Bertz CT molecular complexity index is 377. The van der Waals surface area contributed by atoms with Crippen molar-refractivity contribution in [3.8, 4) is 0 Å². The van der Waals surface area contributed by atoms with E-state index in [1.807, 2.05) is 0 Å². The first kappa shape index (κ1) is 30.1. The molecule has 0 fully saturated rings. The van der Waals surface area contributed by atoms with Crippen molar-refractivity contribution in [1.82, 2.24) is 5.32 Å². The number of hydrogen-bond donors (Lipinski definition) is 3. The number of carboxylic acids is 2. The van der Waals surface area contributed by atoms with Crippen molar-refractivity contribution in [3.05, 3.63) is 0 Å². The van der Waals surface area contributed by atoms with E-state index in [4.69, 9.17) is 10.2 Å². The molecule has 0 saturated carbocycles. The number of aliphatic carboxylic acids is 2. The van der Waals surface area contributed by atoms with Crippen LogP contribution in [0, 0.1) is 0 Å². The third-order valence-corrected chi connectivity index (χ3v) is 3.77. The zero-order valence-electron chi connectivity index (χ0n) is 18.2. The number of carbonyl (C=O) groups excluding carboxylic acids is 1. The van der Waals surface area contributed by atoms with E-state index in [2.05, 4.69) is 12.2 Å². The maximum Gasteiger partial charge on any atom is 1.00 e. The van der Waals surface area contributed by atoms with Crippen LogP contribution in [0.25, 0.3) is 0 Å². The van der Waals surface area contributed by atoms with Crippen LogP contribution >= 0.6 is 0 Å². The van der Waals surface area contributed by atoms with Crippen LogP contribution in [0.15, 0.2) is 0 Å². The van der Waals surface area contributed by atoms with Gasteiger partial charge in [0.15, 0.2) is 0 Å². The van der Waals surface area contributed by atoms with Gasteiger partial charge in [-0.05, 0) is 6.42 Å². The predicted octanol–water partition coefficient (Wildman–Crippen LogP) is -2.43. The topological polar surface area (TPSA) is 104 Å². The summed E-state index contributed by atoms with van der Waals surface area (Å²) < 4.78 is 0. The first-order valence-corrected chi connectivity index (χ1v) is 8.71. The third kappa shape index (κ3) is 20.6. The first-order valence-electron chi connectivity index (χ1n) is 8.71. The van der Waals surface area contributed by atoms with Gasteiger partial charge >= 0.3 is 71.1 Å². The molecule has 3 N–H and O–H groups in total. The second-order valence-corrected chi connectivity index (χ2v) is 5.99. The molecule has 0 aliphatic carbocycles. The Morgan fingerprint density at radius 1 is 0.840 bits per heavy atom. The molecule has 0 spiro atoms. The molecule has 0 rings (SSSR count). The monoisotopic (exact) mass is 377 g/mol. The molecule has 0 aromatic heterocycles. The number of hydrogen-bond acceptors (Lipinski definition) is 3. The summed E-state index contributed by atoms with van der Waals surface area (Å²) in [6.07, 6.45) is 11.3. The Kier molecular flexibility index (Phi) is 25.0. The molecule has 0 bridgehead atoms. The Morgan fingerprint density at radius 3 is 1.68 bits per heavy atom. The van der Waals surface area contributed by atoms with Crippen LogP contribution in [0.3, 0.4) is 0 Å². The van der Waals surface area contributed by atoms with E-state index >= 15 is 0 Å². The van der Waals surface area contributed by atoms with Gasteiger partial charge < -0.3 is 18.4 Å². The average molecular weight is 377 g/mol. The van der Waals surface area contributed by atoms with Gasteiger partial charge in [0.2, 0.25) is 5.91 Å². The van der Waals surface area contributed by atoms with Crippen LogP contribution < -0.4 is 64.4 Å². The van der Waals surface area contributed by atoms with E-state index in [-0.39, 0.29) is 68.4 Å². The second-order valence-electron chi connectivity index (χ2n) is 5.99.